The molecule has 0 radical (unpaired) electrons. The molecule has 0 aliphatic carbocycles. The summed E-state index contributed by atoms with van der Waals surface area (Å²) in [5.41, 5.74) is 0.450. The molecule has 0 fully saturated rings. The van der Waals surface area contributed by atoms with E-state index in [1.807, 2.05) is 13.0 Å². The molecule has 1 N–H and O–H groups in total. The van der Waals surface area contributed by atoms with Crippen LogP contribution in [0.1, 0.15) is 18.1 Å². The molecule has 0 aliphatic heterocycles. The number of rotatable bonds is 4. The van der Waals surface area contributed by atoms with Crippen LogP contribution in [0.25, 0.3) is 5.57 Å². The standard InChI is InChI=1S/C18H16F3NO/c1-2-13-7-6-10-15(11-13)22-17(23)12-16(18(19,20)21)14-8-4-3-5-9-14/h3-12H,2H2,1H3,(H,22,23)/b16-12-. The fourth-order valence-corrected chi connectivity index (χ4v) is 2.12. The molecular formula is C18H16F3NO. The maximum atomic E-state index is 13.2. The average molecular weight is 319 g/mol. The van der Waals surface area contributed by atoms with E-state index >= 15 is 0 Å². The van der Waals surface area contributed by atoms with Gasteiger partial charge in [-0.2, -0.15) is 13.2 Å². The molecule has 0 saturated heterocycles. The zero-order valence-electron chi connectivity index (χ0n) is 12.5. The van der Waals surface area contributed by atoms with Crippen molar-refractivity contribution in [3.63, 3.8) is 0 Å². The van der Waals surface area contributed by atoms with E-state index < -0.39 is 17.7 Å². The van der Waals surface area contributed by atoms with Crippen LogP contribution in [0.2, 0.25) is 0 Å². The summed E-state index contributed by atoms with van der Waals surface area (Å²) in [7, 11) is 0. The van der Waals surface area contributed by atoms with Gasteiger partial charge in [0, 0.05) is 11.8 Å². The Labute approximate surface area is 132 Å². The first kappa shape index (κ1) is 16.8. The highest BCUT2D eigenvalue weighted by Crippen LogP contribution is 2.33. The van der Waals surface area contributed by atoms with E-state index in [0.717, 1.165) is 12.0 Å². The minimum absolute atomic E-state index is 0.0440. The molecule has 0 heterocycles. The van der Waals surface area contributed by atoms with Crippen LogP contribution in [0.15, 0.2) is 60.7 Å². The predicted octanol–water partition coefficient (Wildman–Crippen LogP) is 4.83. The third-order valence-electron chi connectivity index (χ3n) is 3.27. The second kappa shape index (κ2) is 7.13. The van der Waals surface area contributed by atoms with Crippen molar-refractivity contribution < 1.29 is 18.0 Å². The maximum Gasteiger partial charge on any atom is 0.417 e. The van der Waals surface area contributed by atoms with Gasteiger partial charge in [-0.15, -0.1) is 0 Å². The fourth-order valence-electron chi connectivity index (χ4n) is 2.12. The van der Waals surface area contributed by atoms with E-state index in [1.54, 1.807) is 24.3 Å². The van der Waals surface area contributed by atoms with Gasteiger partial charge < -0.3 is 5.32 Å². The second-order valence-corrected chi connectivity index (χ2v) is 4.96. The van der Waals surface area contributed by atoms with E-state index in [4.69, 9.17) is 0 Å². The summed E-state index contributed by atoms with van der Waals surface area (Å²) in [6, 6.07) is 14.3. The molecule has 120 valence electrons. The van der Waals surface area contributed by atoms with Crippen molar-refractivity contribution in [3.8, 4) is 0 Å². The van der Waals surface area contributed by atoms with Gasteiger partial charge in [-0.05, 0) is 29.7 Å². The molecule has 0 bridgehead atoms. The number of allylic oxidation sites excluding steroid dienone is 1. The smallest absolute Gasteiger partial charge is 0.322 e. The Morgan fingerprint density at radius 3 is 2.39 bits per heavy atom. The molecule has 23 heavy (non-hydrogen) atoms. The quantitative estimate of drug-likeness (QED) is 0.803. The highest BCUT2D eigenvalue weighted by Gasteiger charge is 2.35. The summed E-state index contributed by atoms with van der Waals surface area (Å²) in [6.45, 7) is 1.96. The van der Waals surface area contributed by atoms with Crippen LogP contribution in [-0.4, -0.2) is 12.1 Å². The summed E-state index contributed by atoms with van der Waals surface area (Å²) >= 11 is 0. The van der Waals surface area contributed by atoms with Gasteiger partial charge in [-0.1, -0.05) is 49.4 Å². The van der Waals surface area contributed by atoms with Crippen molar-refractivity contribution in [2.75, 3.05) is 5.32 Å². The van der Waals surface area contributed by atoms with Gasteiger partial charge in [0.2, 0.25) is 5.91 Å². The number of carbonyl (C=O) groups excluding carboxylic acids is 1. The number of amides is 1. The van der Waals surface area contributed by atoms with Gasteiger partial charge in [-0.3, -0.25) is 4.79 Å². The van der Waals surface area contributed by atoms with Gasteiger partial charge in [0.1, 0.15) is 0 Å². The molecule has 0 spiro atoms. The van der Waals surface area contributed by atoms with Crippen molar-refractivity contribution in [3.05, 3.63) is 71.8 Å². The Morgan fingerprint density at radius 1 is 1.09 bits per heavy atom. The molecule has 2 rings (SSSR count). The largest absolute Gasteiger partial charge is 0.417 e. The molecule has 0 aromatic heterocycles. The van der Waals surface area contributed by atoms with Crippen LogP contribution in [0.3, 0.4) is 0 Å². The third-order valence-corrected chi connectivity index (χ3v) is 3.27. The molecule has 0 aliphatic rings. The van der Waals surface area contributed by atoms with E-state index in [0.29, 0.717) is 11.8 Å². The molecule has 5 heteroatoms. The van der Waals surface area contributed by atoms with E-state index in [2.05, 4.69) is 5.32 Å². The number of alkyl halides is 3. The molecule has 0 unspecified atom stereocenters. The Morgan fingerprint density at radius 2 is 1.78 bits per heavy atom. The number of hydrogen-bond acceptors (Lipinski definition) is 1. The summed E-state index contributed by atoms with van der Waals surface area (Å²) < 4.78 is 39.5. The number of hydrogen-bond donors (Lipinski definition) is 1. The fraction of sp³-hybridized carbons (Fsp3) is 0.167. The Hall–Kier alpha value is -2.56. The lowest BCUT2D eigenvalue weighted by molar-refractivity contribution is -0.112. The lowest BCUT2D eigenvalue weighted by Crippen LogP contribution is -2.16. The summed E-state index contributed by atoms with van der Waals surface area (Å²) in [6.07, 6.45) is -3.24. The molecular weight excluding hydrogens is 303 g/mol. The SMILES string of the molecule is CCc1cccc(NC(=O)/C=C(/c2ccccc2)C(F)(F)F)c1. The zero-order chi connectivity index (χ0) is 16.9. The molecule has 0 atom stereocenters. The normalized spacial score (nSPS) is 12.1. The molecule has 0 saturated carbocycles. The number of carbonyl (C=O) groups is 1. The summed E-state index contributed by atoms with van der Waals surface area (Å²) in [5, 5.41) is 2.47. The van der Waals surface area contributed by atoms with Crippen LogP contribution in [0, 0.1) is 0 Å². The number of halogens is 3. The highest BCUT2D eigenvalue weighted by molar-refractivity contribution is 6.04. The Bertz CT molecular complexity index is 706. The van der Waals surface area contributed by atoms with Crippen LogP contribution >= 0.6 is 0 Å². The van der Waals surface area contributed by atoms with Crippen LogP contribution in [-0.2, 0) is 11.2 Å². The summed E-state index contributed by atoms with van der Waals surface area (Å²) in [4.78, 5) is 12.0. The van der Waals surface area contributed by atoms with Crippen molar-refractivity contribution in [1.29, 1.82) is 0 Å². The highest BCUT2D eigenvalue weighted by atomic mass is 19.4. The number of nitrogens with one attached hydrogen (secondary N) is 1. The Kier molecular flexibility index (Phi) is 5.21. The molecule has 1 amide bonds. The molecule has 2 nitrogen and oxygen atoms in total. The first-order valence-corrected chi connectivity index (χ1v) is 7.14. The predicted molar refractivity (Wildman–Crippen MR) is 84.9 cm³/mol. The van der Waals surface area contributed by atoms with Crippen LogP contribution in [0.5, 0.6) is 0 Å². The first-order valence-electron chi connectivity index (χ1n) is 7.14. The lowest BCUT2D eigenvalue weighted by atomic mass is 10.1. The number of anilines is 1. The molecule has 2 aromatic rings. The monoisotopic (exact) mass is 319 g/mol. The summed E-state index contributed by atoms with van der Waals surface area (Å²) in [5.74, 6) is -0.811. The van der Waals surface area contributed by atoms with Crippen LogP contribution in [0.4, 0.5) is 18.9 Å². The minimum Gasteiger partial charge on any atom is -0.322 e. The van der Waals surface area contributed by atoms with Crippen molar-refractivity contribution in [1.82, 2.24) is 0 Å². The van der Waals surface area contributed by atoms with E-state index in [9.17, 15) is 18.0 Å². The van der Waals surface area contributed by atoms with Crippen LogP contribution < -0.4 is 5.32 Å². The van der Waals surface area contributed by atoms with Gasteiger partial charge >= 0.3 is 6.18 Å². The van der Waals surface area contributed by atoms with Crippen molar-refractivity contribution in [2.24, 2.45) is 0 Å². The van der Waals surface area contributed by atoms with Gasteiger partial charge in [0.25, 0.3) is 0 Å². The number of aryl methyl sites for hydroxylation is 1. The Balaban J connectivity index is 2.26. The third kappa shape index (κ3) is 4.71. The second-order valence-electron chi connectivity index (χ2n) is 4.96. The van der Waals surface area contributed by atoms with Gasteiger partial charge in [0.15, 0.2) is 0 Å². The molecule has 2 aromatic carbocycles. The van der Waals surface area contributed by atoms with E-state index in [1.165, 1.54) is 24.3 Å². The number of benzene rings is 2. The lowest BCUT2D eigenvalue weighted by Gasteiger charge is -2.12. The maximum absolute atomic E-state index is 13.2. The van der Waals surface area contributed by atoms with E-state index in [-0.39, 0.29) is 5.56 Å². The topological polar surface area (TPSA) is 29.1 Å². The van der Waals surface area contributed by atoms with Gasteiger partial charge in [0.05, 0.1) is 5.57 Å². The zero-order valence-corrected chi connectivity index (χ0v) is 12.5. The first-order chi connectivity index (χ1) is 10.9. The van der Waals surface area contributed by atoms with Gasteiger partial charge in [-0.25, -0.2) is 0 Å². The minimum atomic E-state index is -4.61. The average Bonchev–Trinajstić information content (AvgIpc) is 2.52. The van der Waals surface area contributed by atoms with Crippen molar-refractivity contribution in [2.45, 2.75) is 19.5 Å². The van der Waals surface area contributed by atoms with Crippen molar-refractivity contribution >= 4 is 17.2 Å².